The normalized spacial score (nSPS) is 11.4. The fourth-order valence-electron chi connectivity index (χ4n) is 2.87. The molecule has 0 bridgehead atoms. The summed E-state index contributed by atoms with van der Waals surface area (Å²) in [4.78, 5) is 29.3. The van der Waals surface area contributed by atoms with Crippen molar-refractivity contribution in [3.63, 3.8) is 0 Å². The predicted octanol–water partition coefficient (Wildman–Crippen LogP) is 2.83. The van der Waals surface area contributed by atoms with Crippen LogP contribution in [0.1, 0.15) is 46.8 Å². The number of thiophene rings is 1. The Morgan fingerprint density at radius 3 is 2.34 bits per heavy atom. The minimum atomic E-state index is -1.09. The van der Waals surface area contributed by atoms with E-state index in [1.165, 1.54) is 11.3 Å². The zero-order valence-electron chi connectivity index (χ0n) is 16.5. The first-order valence-electron chi connectivity index (χ1n) is 9.21. The summed E-state index contributed by atoms with van der Waals surface area (Å²) in [7, 11) is 0. The molecule has 0 spiro atoms. The maximum Gasteiger partial charge on any atom is 0.326 e. The molecule has 1 atom stereocenters. The molecular weight excluding hydrogens is 388 g/mol. The summed E-state index contributed by atoms with van der Waals surface area (Å²) in [6.45, 7) is 4.36. The second-order valence-electron chi connectivity index (χ2n) is 6.72. The van der Waals surface area contributed by atoms with Crippen molar-refractivity contribution in [1.29, 1.82) is 0 Å². The Bertz CT molecular complexity index is 911. The number of allylic oxidation sites excluding steroid dienone is 1. The molecular formula is C21H26N4O3S. The second kappa shape index (κ2) is 10.4. The number of hydrogen-bond donors (Lipinski definition) is 4. The third kappa shape index (κ3) is 6.46. The molecule has 0 saturated heterocycles. The van der Waals surface area contributed by atoms with Gasteiger partial charge in [0.1, 0.15) is 6.04 Å². The Kier molecular flexibility index (Phi) is 7.97. The van der Waals surface area contributed by atoms with E-state index in [-0.39, 0.29) is 12.4 Å². The first kappa shape index (κ1) is 22.2. The average molecular weight is 415 g/mol. The van der Waals surface area contributed by atoms with Gasteiger partial charge in [-0.3, -0.25) is 9.79 Å². The van der Waals surface area contributed by atoms with E-state index in [4.69, 9.17) is 11.5 Å². The number of amides is 1. The zero-order valence-corrected chi connectivity index (χ0v) is 17.3. The Morgan fingerprint density at radius 2 is 1.76 bits per heavy atom. The molecule has 0 unspecified atom stereocenters. The zero-order chi connectivity index (χ0) is 21.4. The quantitative estimate of drug-likeness (QED) is 0.285. The number of guanidine groups is 1. The molecule has 8 heteroatoms. The molecule has 1 heterocycles. The number of carboxylic acids is 1. The molecule has 1 amide bonds. The standard InChI is InChI=1S/C21H26N4O3S/c1-13(2)18(14-7-4-3-5-8-14)16-10-11-17(29-16)19(26)25-15(20(27)28)9-6-12-24-21(22)23/h3-5,7-8,10-11,15H,6,9,12H2,1-2H3,(H,25,26)(H,27,28)(H4,22,23,24)/t15-/m0/s1. The summed E-state index contributed by atoms with van der Waals surface area (Å²) >= 11 is 1.34. The molecule has 0 aliphatic carbocycles. The van der Waals surface area contributed by atoms with Crippen LogP contribution >= 0.6 is 11.3 Å². The highest BCUT2D eigenvalue weighted by atomic mass is 32.1. The number of nitrogens with two attached hydrogens (primary N) is 2. The lowest BCUT2D eigenvalue weighted by atomic mass is 10.0. The van der Waals surface area contributed by atoms with Crippen LogP contribution in [0.5, 0.6) is 0 Å². The van der Waals surface area contributed by atoms with Crippen LogP contribution in [0, 0.1) is 0 Å². The second-order valence-corrected chi connectivity index (χ2v) is 7.80. The molecule has 0 saturated carbocycles. The molecule has 7 nitrogen and oxygen atoms in total. The Balaban J connectivity index is 2.12. The molecule has 0 radical (unpaired) electrons. The number of rotatable bonds is 9. The monoisotopic (exact) mass is 414 g/mol. The van der Waals surface area contributed by atoms with Gasteiger partial charge in [-0.2, -0.15) is 0 Å². The van der Waals surface area contributed by atoms with E-state index < -0.39 is 17.9 Å². The number of nitrogens with zero attached hydrogens (tertiary/aromatic N) is 1. The minimum absolute atomic E-state index is 0.0412. The first-order chi connectivity index (χ1) is 13.8. The van der Waals surface area contributed by atoms with Crippen molar-refractivity contribution in [2.75, 3.05) is 6.54 Å². The maximum atomic E-state index is 12.6. The topological polar surface area (TPSA) is 131 Å². The van der Waals surface area contributed by atoms with Crippen LogP contribution in [0.3, 0.4) is 0 Å². The highest BCUT2D eigenvalue weighted by Gasteiger charge is 2.22. The predicted molar refractivity (Wildman–Crippen MR) is 117 cm³/mol. The third-order valence-corrected chi connectivity index (χ3v) is 5.29. The molecule has 0 aliphatic heterocycles. The van der Waals surface area contributed by atoms with Gasteiger partial charge >= 0.3 is 5.97 Å². The number of carboxylic acid groups (broad SMARTS) is 1. The van der Waals surface area contributed by atoms with Gasteiger partial charge in [0.2, 0.25) is 0 Å². The van der Waals surface area contributed by atoms with Crippen LogP contribution in [-0.2, 0) is 4.79 Å². The van der Waals surface area contributed by atoms with Gasteiger partial charge in [-0.25, -0.2) is 4.79 Å². The first-order valence-corrected chi connectivity index (χ1v) is 10.0. The molecule has 1 aromatic heterocycles. The van der Waals surface area contributed by atoms with Crippen molar-refractivity contribution >= 4 is 34.7 Å². The Labute approximate surface area is 174 Å². The number of aliphatic imine (C=N–C) groups is 1. The number of nitrogens with one attached hydrogen (secondary N) is 1. The van der Waals surface area contributed by atoms with E-state index in [1.807, 2.05) is 50.2 Å². The highest BCUT2D eigenvalue weighted by Crippen LogP contribution is 2.32. The number of carbonyl (C=O) groups is 2. The molecule has 1 aromatic carbocycles. The number of aliphatic carboxylic acids is 1. The van der Waals surface area contributed by atoms with Crippen LogP contribution in [0.4, 0.5) is 0 Å². The Hall–Kier alpha value is -3.13. The fraction of sp³-hybridized carbons (Fsp3) is 0.286. The third-order valence-electron chi connectivity index (χ3n) is 4.19. The largest absolute Gasteiger partial charge is 0.480 e. The molecule has 29 heavy (non-hydrogen) atoms. The highest BCUT2D eigenvalue weighted by molar-refractivity contribution is 7.15. The van der Waals surface area contributed by atoms with E-state index in [0.717, 1.165) is 21.6 Å². The average Bonchev–Trinajstić information content (AvgIpc) is 3.14. The lowest BCUT2D eigenvalue weighted by molar-refractivity contribution is -0.139. The maximum absolute atomic E-state index is 12.6. The van der Waals surface area contributed by atoms with Gasteiger partial charge in [-0.1, -0.05) is 35.9 Å². The van der Waals surface area contributed by atoms with E-state index >= 15 is 0 Å². The van der Waals surface area contributed by atoms with Crippen molar-refractivity contribution in [3.05, 3.63) is 63.4 Å². The van der Waals surface area contributed by atoms with E-state index in [0.29, 0.717) is 17.8 Å². The van der Waals surface area contributed by atoms with E-state index in [2.05, 4.69) is 10.3 Å². The lowest BCUT2D eigenvalue weighted by Crippen LogP contribution is -2.40. The van der Waals surface area contributed by atoms with Gasteiger partial charge in [0, 0.05) is 11.4 Å². The fourth-order valence-corrected chi connectivity index (χ4v) is 3.95. The van der Waals surface area contributed by atoms with Gasteiger partial charge in [0.15, 0.2) is 5.96 Å². The van der Waals surface area contributed by atoms with Crippen molar-refractivity contribution in [2.45, 2.75) is 32.7 Å². The summed E-state index contributed by atoms with van der Waals surface area (Å²) in [5.41, 5.74) is 13.8. The van der Waals surface area contributed by atoms with E-state index in [1.54, 1.807) is 6.07 Å². The SMILES string of the molecule is CC(C)=C(c1ccccc1)c1ccc(C(=O)N[C@@H](CCCN=C(N)N)C(=O)O)s1. The van der Waals surface area contributed by atoms with Crippen molar-refractivity contribution < 1.29 is 14.7 Å². The van der Waals surface area contributed by atoms with Gasteiger partial charge in [-0.15, -0.1) is 11.3 Å². The minimum Gasteiger partial charge on any atom is -0.480 e. The van der Waals surface area contributed by atoms with Crippen molar-refractivity contribution in [2.24, 2.45) is 16.5 Å². The summed E-state index contributed by atoms with van der Waals surface area (Å²) < 4.78 is 0. The molecule has 154 valence electrons. The van der Waals surface area contributed by atoms with Crippen molar-refractivity contribution in [1.82, 2.24) is 5.32 Å². The number of benzene rings is 1. The summed E-state index contributed by atoms with van der Waals surface area (Å²) in [5.74, 6) is -1.54. The van der Waals surface area contributed by atoms with Crippen LogP contribution in [0.2, 0.25) is 0 Å². The summed E-state index contributed by atoms with van der Waals surface area (Å²) in [6, 6.07) is 12.6. The van der Waals surface area contributed by atoms with E-state index in [9.17, 15) is 14.7 Å². The van der Waals surface area contributed by atoms with Crippen LogP contribution in [0.25, 0.3) is 5.57 Å². The summed E-state index contributed by atoms with van der Waals surface area (Å²) in [5, 5.41) is 12.0. The smallest absolute Gasteiger partial charge is 0.326 e. The summed E-state index contributed by atoms with van der Waals surface area (Å²) in [6.07, 6.45) is 0.681. The number of carbonyl (C=O) groups excluding carboxylic acids is 1. The van der Waals surface area contributed by atoms with Gasteiger partial charge < -0.3 is 21.9 Å². The van der Waals surface area contributed by atoms with Crippen molar-refractivity contribution in [3.8, 4) is 0 Å². The van der Waals surface area contributed by atoms with Crippen LogP contribution in [0.15, 0.2) is 53.0 Å². The number of hydrogen-bond acceptors (Lipinski definition) is 4. The molecule has 2 rings (SSSR count). The molecule has 2 aromatic rings. The molecule has 6 N–H and O–H groups in total. The van der Waals surface area contributed by atoms with Gasteiger partial charge in [0.25, 0.3) is 5.91 Å². The van der Waals surface area contributed by atoms with Gasteiger partial charge in [-0.05, 0) is 50.0 Å². The lowest BCUT2D eigenvalue weighted by Gasteiger charge is -2.13. The van der Waals surface area contributed by atoms with Crippen LogP contribution in [-0.4, -0.2) is 35.5 Å². The molecule has 0 aliphatic rings. The van der Waals surface area contributed by atoms with Gasteiger partial charge in [0.05, 0.1) is 4.88 Å². The molecule has 0 fully saturated rings. The Morgan fingerprint density at radius 1 is 1.10 bits per heavy atom. The van der Waals surface area contributed by atoms with Crippen LogP contribution < -0.4 is 16.8 Å².